The molecule has 1 aromatic heterocycles. The smallest absolute Gasteiger partial charge is 0.248 e. The van der Waals surface area contributed by atoms with Gasteiger partial charge in [0.15, 0.2) is 11.5 Å². The molecule has 0 unspecified atom stereocenters. The summed E-state index contributed by atoms with van der Waals surface area (Å²) in [6.07, 6.45) is 6.07. The summed E-state index contributed by atoms with van der Waals surface area (Å²) in [5.74, 6) is 0.693. The van der Waals surface area contributed by atoms with E-state index in [1.165, 1.54) is 19.5 Å². The van der Waals surface area contributed by atoms with Gasteiger partial charge in [0.05, 0.1) is 30.1 Å². The highest BCUT2D eigenvalue weighted by Crippen LogP contribution is 2.36. The number of hydrogen-bond acceptors (Lipinski definition) is 5. The van der Waals surface area contributed by atoms with Crippen molar-refractivity contribution in [1.29, 1.82) is 0 Å². The van der Waals surface area contributed by atoms with E-state index in [1.807, 2.05) is 25.1 Å². The van der Waals surface area contributed by atoms with Crippen LogP contribution in [0.1, 0.15) is 12.5 Å². The van der Waals surface area contributed by atoms with E-state index in [-0.39, 0.29) is 5.91 Å². The number of para-hydroxylation sites is 2. The Labute approximate surface area is 167 Å². The van der Waals surface area contributed by atoms with Crippen LogP contribution in [-0.4, -0.2) is 34.4 Å². The largest absolute Gasteiger partial charge is 0.491 e. The van der Waals surface area contributed by atoms with Gasteiger partial charge in [-0.25, -0.2) is 9.67 Å². The van der Waals surface area contributed by atoms with Crippen LogP contribution in [0.5, 0.6) is 11.5 Å². The molecule has 0 aliphatic carbocycles. The normalized spacial score (nSPS) is 10.8. The average Bonchev–Trinajstić information content (AvgIpc) is 3.21. The maximum Gasteiger partial charge on any atom is 0.248 e. The number of nitrogens with zero attached hydrogens (tertiary/aromatic N) is 3. The van der Waals surface area contributed by atoms with Crippen LogP contribution in [0.2, 0.25) is 5.02 Å². The summed E-state index contributed by atoms with van der Waals surface area (Å²) in [4.78, 5) is 16.3. The highest BCUT2D eigenvalue weighted by molar-refractivity contribution is 6.32. The van der Waals surface area contributed by atoms with E-state index < -0.39 is 0 Å². The molecule has 0 spiro atoms. The van der Waals surface area contributed by atoms with Crippen LogP contribution in [0.25, 0.3) is 11.8 Å². The molecule has 0 atom stereocenters. The molecule has 2 aromatic carbocycles. The van der Waals surface area contributed by atoms with Crippen LogP contribution in [0, 0.1) is 0 Å². The highest BCUT2D eigenvalue weighted by Gasteiger charge is 2.11. The van der Waals surface area contributed by atoms with Gasteiger partial charge in [0.1, 0.15) is 12.7 Å². The Balaban J connectivity index is 1.78. The van der Waals surface area contributed by atoms with E-state index in [0.29, 0.717) is 40.1 Å². The zero-order chi connectivity index (χ0) is 19.9. The first kappa shape index (κ1) is 19.4. The van der Waals surface area contributed by atoms with Crippen molar-refractivity contribution >= 4 is 29.3 Å². The Morgan fingerprint density at radius 2 is 2.14 bits per heavy atom. The number of carbonyl (C=O) groups excluding carboxylic acids is 1. The van der Waals surface area contributed by atoms with Crippen molar-refractivity contribution in [2.24, 2.45) is 0 Å². The van der Waals surface area contributed by atoms with E-state index in [4.69, 9.17) is 21.1 Å². The average molecular weight is 399 g/mol. The SMILES string of the molecule is CCOc1cc(/C=C/C(=O)Nc2ccccc2-n2cncn2)cc(Cl)c1OC. The first-order valence-electron chi connectivity index (χ1n) is 8.55. The minimum Gasteiger partial charge on any atom is -0.491 e. The maximum absolute atomic E-state index is 12.4. The lowest BCUT2D eigenvalue weighted by molar-refractivity contribution is -0.111. The molecule has 3 aromatic rings. The fourth-order valence-corrected chi connectivity index (χ4v) is 2.90. The van der Waals surface area contributed by atoms with Crippen LogP contribution in [0.4, 0.5) is 5.69 Å². The summed E-state index contributed by atoms with van der Waals surface area (Å²) in [7, 11) is 1.53. The molecule has 0 aliphatic rings. The molecule has 3 rings (SSSR count). The second-order valence-corrected chi connectivity index (χ2v) is 6.05. The van der Waals surface area contributed by atoms with Crippen LogP contribution >= 0.6 is 11.6 Å². The fourth-order valence-electron chi connectivity index (χ4n) is 2.60. The second-order valence-electron chi connectivity index (χ2n) is 5.65. The van der Waals surface area contributed by atoms with Crippen molar-refractivity contribution in [3.63, 3.8) is 0 Å². The molecule has 1 heterocycles. The van der Waals surface area contributed by atoms with Gasteiger partial charge >= 0.3 is 0 Å². The molecule has 0 bridgehead atoms. The van der Waals surface area contributed by atoms with Crippen molar-refractivity contribution in [2.75, 3.05) is 19.0 Å². The monoisotopic (exact) mass is 398 g/mol. The highest BCUT2D eigenvalue weighted by atomic mass is 35.5. The van der Waals surface area contributed by atoms with Gasteiger partial charge in [-0.15, -0.1) is 0 Å². The van der Waals surface area contributed by atoms with E-state index in [1.54, 1.807) is 35.3 Å². The van der Waals surface area contributed by atoms with Gasteiger partial charge in [-0.1, -0.05) is 23.7 Å². The number of benzene rings is 2. The lowest BCUT2D eigenvalue weighted by Gasteiger charge is -2.12. The van der Waals surface area contributed by atoms with E-state index in [9.17, 15) is 4.79 Å². The summed E-state index contributed by atoms with van der Waals surface area (Å²) >= 11 is 6.24. The van der Waals surface area contributed by atoms with E-state index in [2.05, 4.69) is 15.4 Å². The first-order valence-corrected chi connectivity index (χ1v) is 8.93. The molecular formula is C20H19ClN4O3. The Hall–Kier alpha value is -3.32. The summed E-state index contributed by atoms with van der Waals surface area (Å²) in [6.45, 7) is 2.34. The molecule has 28 heavy (non-hydrogen) atoms. The number of methoxy groups -OCH3 is 1. The van der Waals surface area contributed by atoms with Gasteiger partial charge in [-0.3, -0.25) is 4.79 Å². The minimum absolute atomic E-state index is 0.294. The van der Waals surface area contributed by atoms with Gasteiger partial charge in [-0.05, 0) is 42.8 Å². The fraction of sp³-hybridized carbons (Fsp3) is 0.150. The predicted octanol–water partition coefficient (Wildman–Crippen LogP) is 3.98. The van der Waals surface area contributed by atoms with Crippen LogP contribution < -0.4 is 14.8 Å². The van der Waals surface area contributed by atoms with Gasteiger partial charge in [0, 0.05) is 6.08 Å². The molecule has 0 saturated carbocycles. The number of rotatable bonds is 7. The number of hydrogen-bond donors (Lipinski definition) is 1. The molecule has 0 saturated heterocycles. The minimum atomic E-state index is -0.294. The summed E-state index contributed by atoms with van der Waals surface area (Å²) in [5.41, 5.74) is 2.05. The molecule has 8 heteroatoms. The standard InChI is InChI=1S/C20H19ClN4O3/c1-3-28-18-11-14(10-15(21)20(18)27-2)8-9-19(26)24-16-6-4-5-7-17(16)25-13-22-12-23-25/h4-13H,3H2,1-2H3,(H,24,26)/b9-8+. The molecule has 0 aliphatic heterocycles. The van der Waals surface area contributed by atoms with Crippen molar-refractivity contribution < 1.29 is 14.3 Å². The third-order valence-corrected chi connectivity index (χ3v) is 4.07. The Morgan fingerprint density at radius 3 is 2.86 bits per heavy atom. The van der Waals surface area contributed by atoms with Crippen molar-refractivity contribution in [3.05, 3.63) is 65.7 Å². The number of anilines is 1. The zero-order valence-corrected chi connectivity index (χ0v) is 16.2. The topological polar surface area (TPSA) is 78.3 Å². The quantitative estimate of drug-likeness (QED) is 0.609. The molecule has 1 N–H and O–H groups in total. The molecule has 0 fully saturated rings. The summed E-state index contributed by atoms with van der Waals surface area (Å²) in [5, 5.41) is 7.35. The van der Waals surface area contributed by atoms with Gasteiger partial charge in [0.25, 0.3) is 0 Å². The Kier molecular flexibility index (Phi) is 6.29. The number of amides is 1. The van der Waals surface area contributed by atoms with Crippen LogP contribution in [0.15, 0.2) is 55.1 Å². The number of carbonyl (C=O) groups is 1. The maximum atomic E-state index is 12.4. The number of halogens is 1. The number of aromatic nitrogens is 3. The summed E-state index contributed by atoms with van der Waals surface area (Å²) < 4.78 is 12.4. The first-order chi connectivity index (χ1) is 13.6. The second kappa shape index (κ2) is 9.05. The predicted molar refractivity (Wildman–Crippen MR) is 108 cm³/mol. The van der Waals surface area contributed by atoms with E-state index in [0.717, 1.165) is 0 Å². The lowest BCUT2D eigenvalue weighted by atomic mass is 10.2. The van der Waals surface area contributed by atoms with Gasteiger partial charge in [0.2, 0.25) is 5.91 Å². The Morgan fingerprint density at radius 1 is 1.32 bits per heavy atom. The van der Waals surface area contributed by atoms with Crippen molar-refractivity contribution in [2.45, 2.75) is 6.92 Å². The molecule has 0 radical (unpaired) electrons. The van der Waals surface area contributed by atoms with Crippen LogP contribution in [-0.2, 0) is 4.79 Å². The molecule has 1 amide bonds. The number of ether oxygens (including phenoxy) is 2. The summed E-state index contributed by atoms with van der Waals surface area (Å²) in [6, 6.07) is 10.8. The molecule has 144 valence electrons. The van der Waals surface area contributed by atoms with E-state index >= 15 is 0 Å². The van der Waals surface area contributed by atoms with Gasteiger partial charge < -0.3 is 14.8 Å². The molecular weight excluding hydrogens is 380 g/mol. The zero-order valence-electron chi connectivity index (χ0n) is 15.4. The van der Waals surface area contributed by atoms with Gasteiger partial charge in [-0.2, -0.15) is 5.10 Å². The van der Waals surface area contributed by atoms with Crippen LogP contribution in [0.3, 0.4) is 0 Å². The third-order valence-electron chi connectivity index (χ3n) is 3.79. The van der Waals surface area contributed by atoms with Crippen molar-refractivity contribution in [3.8, 4) is 17.2 Å². The third kappa shape index (κ3) is 4.50. The lowest BCUT2D eigenvalue weighted by Crippen LogP contribution is -2.10. The number of nitrogens with one attached hydrogen (secondary N) is 1. The van der Waals surface area contributed by atoms with Crippen molar-refractivity contribution in [1.82, 2.24) is 14.8 Å². The molecule has 7 nitrogen and oxygen atoms in total. The Bertz CT molecular complexity index is 987.